The Bertz CT molecular complexity index is 555. The molecule has 2 aromatic rings. The van der Waals surface area contributed by atoms with Crippen molar-refractivity contribution in [2.24, 2.45) is 5.73 Å². The fraction of sp³-hybridized carbons (Fsp3) is 0.154. The van der Waals surface area contributed by atoms with Crippen LogP contribution in [0.2, 0.25) is 0 Å². The van der Waals surface area contributed by atoms with Crippen molar-refractivity contribution in [3.8, 4) is 17.1 Å². The average molecular weight is 243 g/mol. The number of carbonyl (C=O) groups is 1. The van der Waals surface area contributed by atoms with Gasteiger partial charge in [0.25, 0.3) is 5.91 Å². The summed E-state index contributed by atoms with van der Waals surface area (Å²) < 4.78 is 5.33. The molecule has 5 heteroatoms. The second kappa shape index (κ2) is 5.27. The fourth-order valence-electron chi connectivity index (χ4n) is 1.55. The first-order valence-corrected chi connectivity index (χ1v) is 5.56. The van der Waals surface area contributed by atoms with Crippen LogP contribution in [-0.4, -0.2) is 22.5 Å². The van der Waals surface area contributed by atoms with Crippen molar-refractivity contribution < 1.29 is 9.53 Å². The maximum atomic E-state index is 11.2. The minimum absolute atomic E-state index is 0.256. The van der Waals surface area contributed by atoms with Crippen molar-refractivity contribution in [3.63, 3.8) is 0 Å². The SMILES string of the molecule is CCOc1nc(-c2cccnc2)ccc1C(N)=O. The van der Waals surface area contributed by atoms with Gasteiger partial charge in [-0.15, -0.1) is 0 Å². The maximum Gasteiger partial charge on any atom is 0.254 e. The molecule has 0 bridgehead atoms. The van der Waals surface area contributed by atoms with E-state index in [1.54, 1.807) is 24.5 Å². The van der Waals surface area contributed by atoms with Gasteiger partial charge >= 0.3 is 0 Å². The smallest absolute Gasteiger partial charge is 0.254 e. The van der Waals surface area contributed by atoms with Crippen molar-refractivity contribution in [2.45, 2.75) is 6.92 Å². The van der Waals surface area contributed by atoms with Crippen molar-refractivity contribution in [1.82, 2.24) is 9.97 Å². The lowest BCUT2D eigenvalue weighted by atomic mass is 10.1. The number of primary amides is 1. The number of ether oxygens (including phenoxy) is 1. The van der Waals surface area contributed by atoms with Crippen molar-refractivity contribution in [2.75, 3.05) is 6.61 Å². The fourth-order valence-corrected chi connectivity index (χ4v) is 1.55. The van der Waals surface area contributed by atoms with Gasteiger partial charge in [0.2, 0.25) is 5.88 Å². The van der Waals surface area contributed by atoms with Gasteiger partial charge < -0.3 is 10.5 Å². The van der Waals surface area contributed by atoms with Crippen LogP contribution in [0, 0.1) is 0 Å². The molecule has 0 aliphatic rings. The molecule has 92 valence electrons. The van der Waals surface area contributed by atoms with E-state index in [0.29, 0.717) is 12.3 Å². The van der Waals surface area contributed by atoms with Gasteiger partial charge in [-0.1, -0.05) is 0 Å². The molecule has 18 heavy (non-hydrogen) atoms. The summed E-state index contributed by atoms with van der Waals surface area (Å²) in [6.45, 7) is 2.24. The Morgan fingerprint density at radius 1 is 1.39 bits per heavy atom. The lowest BCUT2D eigenvalue weighted by Gasteiger charge is -2.08. The zero-order valence-electron chi connectivity index (χ0n) is 9.96. The Morgan fingerprint density at radius 3 is 2.83 bits per heavy atom. The third kappa shape index (κ3) is 2.45. The van der Waals surface area contributed by atoms with Gasteiger partial charge in [-0.25, -0.2) is 4.98 Å². The summed E-state index contributed by atoms with van der Waals surface area (Å²) in [4.78, 5) is 19.5. The van der Waals surface area contributed by atoms with E-state index in [2.05, 4.69) is 9.97 Å². The molecular weight excluding hydrogens is 230 g/mol. The second-order valence-corrected chi connectivity index (χ2v) is 3.59. The molecule has 2 rings (SSSR count). The first-order chi connectivity index (χ1) is 8.72. The van der Waals surface area contributed by atoms with Crippen molar-refractivity contribution in [1.29, 1.82) is 0 Å². The highest BCUT2D eigenvalue weighted by Crippen LogP contribution is 2.22. The number of nitrogens with zero attached hydrogens (tertiary/aromatic N) is 2. The van der Waals surface area contributed by atoms with Gasteiger partial charge in [-0.2, -0.15) is 0 Å². The highest BCUT2D eigenvalue weighted by atomic mass is 16.5. The minimum Gasteiger partial charge on any atom is -0.477 e. The normalized spacial score (nSPS) is 10.1. The predicted octanol–water partition coefficient (Wildman–Crippen LogP) is 1.64. The number of rotatable bonds is 4. The number of carbonyl (C=O) groups excluding carboxylic acids is 1. The van der Waals surface area contributed by atoms with Gasteiger partial charge in [-0.3, -0.25) is 9.78 Å². The topological polar surface area (TPSA) is 78.1 Å². The lowest BCUT2D eigenvalue weighted by molar-refractivity contribution is 0.0996. The van der Waals surface area contributed by atoms with E-state index in [0.717, 1.165) is 5.56 Å². The Hall–Kier alpha value is -2.43. The molecule has 0 atom stereocenters. The molecule has 2 heterocycles. The van der Waals surface area contributed by atoms with E-state index in [1.165, 1.54) is 0 Å². The molecule has 0 saturated carbocycles. The van der Waals surface area contributed by atoms with Crippen LogP contribution >= 0.6 is 0 Å². The Morgan fingerprint density at radius 2 is 2.22 bits per heavy atom. The minimum atomic E-state index is -0.552. The van der Waals surface area contributed by atoms with Crippen LogP contribution in [0.3, 0.4) is 0 Å². The summed E-state index contributed by atoms with van der Waals surface area (Å²) in [5, 5.41) is 0. The van der Waals surface area contributed by atoms with E-state index in [4.69, 9.17) is 10.5 Å². The van der Waals surface area contributed by atoms with Crippen LogP contribution in [-0.2, 0) is 0 Å². The third-order valence-electron chi connectivity index (χ3n) is 2.36. The molecule has 2 N–H and O–H groups in total. The number of aromatic nitrogens is 2. The molecule has 0 saturated heterocycles. The monoisotopic (exact) mass is 243 g/mol. The first kappa shape index (κ1) is 12.0. The second-order valence-electron chi connectivity index (χ2n) is 3.59. The molecule has 2 aromatic heterocycles. The molecule has 0 fully saturated rings. The van der Waals surface area contributed by atoms with E-state index in [1.807, 2.05) is 19.1 Å². The molecule has 0 aliphatic heterocycles. The summed E-state index contributed by atoms with van der Waals surface area (Å²) in [5.74, 6) is -0.296. The van der Waals surface area contributed by atoms with E-state index >= 15 is 0 Å². The number of hydrogen-bond acceptors (Lipinski definition) is 4. The van der Waals surface area contributed by atoms with E-state index in [9.17, 15) is 4.79 Å². The van der Waals surface area contributed by atoms with Crippen LogP contribution in [0.1, 0.15) is 17.3 Å². The molecule has 0 radical (unpaired) electrons. The zero-order chi connectivity index (χ0) is 13.0. The Balaban J connectivity index is 2.46. The van der Waals surface area contributed by atoms with Gasteiger partial charge in [-0.05, 0) is 31.2 Å². The van der Waals surface area contributed by atoms with Crippen molar-refractivity contribution >= 4 is 5.91 Å². The summed E-state index contributed by atoms with van der Waals surface area (Å²) in [6, 6.07) is 7.04. The molecule has 1 amide bonds. The number of pyridine rings is 2. The highest BCUT2D eigenvalue weighted by molar-refractivity contribution is 5.95. The van der Waals surface area contributed by atoms with Gasteiger partial charge in [0.1, 0.15) is 5.56 Å². The van der Waals surface area contributed by atoms with Crippen LogP contribution < -0.4 is 10.5 Å². The van der Waals surface area contributed by atoms with E-state index < -0.39 is 5.91 Å². The maximum absolute atomic E-state index is 11.2. The van der Waals surface area contributed by atoms with Crippen LogP contribution in [0.15, 0.2) is 36.7 Å². The molecular formula is C13H13N3O2. The highest BCUT2D eigenvalue weighted by Gasteiger charge is 2.12. The number of nitrogens with two attached hydrogens (primary N) is 1. The predicted molar refractivity (Wildman–Crippen MR) is 67.2 cm³/mol. The lowest BCUT2D eigenvalue weighted by Crippen LogP contribution is -2.14. The zero-order valence-corrected chi connectivity index (χ0v) is 9.96. The van der Waals surface area contributed by atoms with Gasteiger partial charge in [0.15, 0.2) is 0 Å². The summed E-state index contributed by atoms with van der Waals surface area (Å²) in [5.41, 5.74) is 7.09. The molecule has 0 spiro atoms. The molecule has 5 nitrogen and oxygen atoms in total. The van der Waals surface area contributed by atoms with Crippen LogP contribution in [0.4, 0.5) is 0 Å². The Kier molecular flexibility index (Phi) is 3.52. The summed E-state index contributed by atoms with van der Waals surface area (Å²) >= 11 is 0. The summed E-state index contributed by atoms with van der Waals surface area (Å²) in [7, 11) is 0. The van der Waals surface area contributed by atoms with E-state index in [-0.39, 0.29) is 11.4 Å². The quantitative estimate of drug-likeness (QED) is 0.885. The van der Waals surface area contributed by atoms with Crippen molar-refractivity contribution in [3.05, 3.63) is 42.2 Å². The van der Waals surface area contributed by atoms with Crippen LogP contribution in [0.5, 0.6) is 5.88 Å². The summed E-state index contributed by atoms with van der Waals surface area (Å²) in [6.07, 6.45) is 3.38. The largest absolute Gasteiger partial charge is 0.477 e. The van der Waals surface area contributed by atoms with Gasteiger partial charge in [0.05, 0.1) is 12.3 Å². The third-order valence-corrected chi connectivity index (χ3v) is 2.36. The first-order valence-electron chi connectivity index (χ1n) is 5.56. The molecule has 0 unspecified atom stereocenters. The number of hydrogen-bond donors (Lipinski definition) is 1. The van der Waals surface area contributed by atoms with Crippen LogP contribution in [0.25, 0.3) is 11.3 Å². The number of amides is 1. The molecule has 0 aliphatic carbocycles. The average Bonchev–Trinajstić information content (AvgIpc) is 2.40. The van der Waals surface area contributed by atoms with Gasteiger partial charge in [0, 0.05) is 18.0 Å². The molecule has 0 aromatic carbocycles. The standard InChI is InChI=1S/C13H13N3O2/c1-2-18-13-10(12(14)17)5-6-11(16-13)9-4-3-7-15-8-9/h3-8H,2H2,1H3,(H2,14,17). The Labute approximate surface area is 105 Å².